The monoisotopic (exact) mass is 294 g/mol. The fourth-order valence-corrected chi connectivity index (χ4v) is 1.91. The van der Waals surface area contributed by atoms with E-state index in [1.807, 2.05) is 18.2 Å². The van der Waals surface area contributed by atoms with Crippen LogP contribution < -0.4 is 20.1 Å². The van der Waals surface area contributed by atoms with Gasteiger partial charge in [-0.05, 0) is 30.4 Å². The number of carbonyl (C=O) groups is 1. The highest BCUT2D eigenvalue weighted by molar-refractivity contribution is 5.73. The Balaban J connectivity index is 2.36. The first-order chi connectivity index (χ1) is 10.1. The number of methoxy groups -OCH3 is 2. The molecule has 21 heavy (non-hydrogen) atoms. The van der Waals surface area contributed by atoms with Crippen LogP contribution in [0.1, 0.15) is 25.8 Å². The summed E-state index contributed by atoms with van der Waals surface area (Å²) < 4.78 is 10.5. The molecule has 0 aromatic heterocycles. The fourth-order valence-electron chi connectivity index (χ4n) is 1.91. The van der Waals surface area contributed by atoms with Gasteiger partial charge in [-0.25, -0.2) is 4.79 Å². The molecule has 118 valence electrons. The highest BCUT2D eigenvalue weighted by Crippen LogP contribution is 2.24. The lowest BCUT2D eigenvalue weighted by molar-refractivity contribution is 0.240. The van der Waals surface area contributed by atoms with Gasteiger partial charge in [0.05, 0.1) is 14.2 Å². The first kappa shape index (κ1) is 17.1. The van der Waals surface area contributed by atoms with Crippen LogP contribution in [0.5, 0.6) is 11.5 Å². The second-order valence-electron chi connectivity index (χ2n) is 5.29. The Bertz CT molecular complexity index is 447. The molecular formula is C16H26N2O3. The molecule has 0 saturated carbocycles. The van der Waals surface area contributed by atoms with Crippen molar-refractivity contribution in [2.45, 2.75) is 26.7 Å². The number of rotatable bonds is 8. The van der Waals surface area contributed by atoms with E-state index in [-0.39, 0.29) is 6.03 Å². The van der Waals surface area contributed by atoms with E-state index in [1.165, 1.54) is 0 Å². The Morgan fingerprint density at radius 2 is 1.86 bits per heavy atom. The predicted octanol–water partition coefficient (Wildman–Crippen LogP) is 2.59. The Morgan fingerprint density at radius 3 is 2.48 bits per heavy atom. The van der Waals surface area contributed by atoms with Crippen LogP contribution in [0.25, 0.3) is 0 Å². The molecule has 0 heterocycles. The molecule has 0 atom stereocenters. The van der Waals surface area contributed by atoms with Gasteiger partial charge in [-0.3, -0.25) is 0 Å². The molecule has 0 unspecified atom stereocenters. The van der Waals surface area contributed by atoms with E-state index in [9.17, 15) is 4.79 Å². The zero-order valence-electron chi connectivity index (χ0n) is 13.4. The lowest BCUT2D eigenvalue weighted by Gasteiger charge is -2.12. The number of urea groups is 1. The first-order valence-electron chi connectivity index (χ1n) is 7.29. The molecule has 1 rings (SSSR count). The first-order valence-corrected chi connectivity index (χ1v) is 7.29. The smallest absolute Gasteiger partial charge is 0.314 e. The maximum Gasteiger partial charge on any atom is 0.314 e. The van der Waals surface area contributed by atoms with Crippen LogP contribution in [-0.4, -0.2) is 33.3 Å². The molecule has 2 N–H and O–H groups in total. The van der Waals surface area contributed by atoms with Gasteiger partial charge in [0.2, 0.25) is 0 Å². The van der Waals surface area contributed by atoms with E-state index in [0.29, 0.717) is 25.4 Å². The van der Waals surface area contributed by atoms with Crippen LogP contribution in [0.4, 0.5) is 4.79 Å². The minimum atomic E-state index is -0.122. The van der Waals surface area contributed by atoms with E-state index in [2.05, 4.69) is 24.5 Å². The van der Waals surface area contributed by atoms with Crippen molar-refractivity contribution in [3.63, 3.8) is 0 Å². The zero-order valence-corrected chi connectivity index (χ0v) is 13.4. The molecular weight excluding hydrogens is 268 g/mol. The molecule has 0 aliphatic heterocycles. The van der Waals surface area contributed by atoms with Crippen LogP contribution >= 0.6 is 0 Å². The average molecular weight is 294 g/mol. The maximum atomic E-state index is 11.6. The van der Waals surface area contributed by atoms with Crippen molar-refractivity contribution < 1.29 is 14.3 Å². The van der Waals surface area contributed by atoms with Crippen molar-refractivity contribution >= 4 is 6.03 Å². The summed E-state index contributed by atoms with van der Waals surface area (Å²) in [6, 6.07) is 5.57. The van der Waals surface area contributed by atoms with Gasteiger partial charge in [0.1, 0.15) is 11.5 Å². The standard InChI is InChI=1S/C16H26N2O3/c1-12(2)7-9-17-16(19)18-10-8-13-5-6-14(20-3)11-15(13)21-4/h5-6,11-12H,7-10H2,1-4H3,(H2,17,18,19). The molecule has 0 aliphatic carbocycles. The molecule has 0 fully saturated rings. The van der Waals surface area contributed by atoms with Gasteiger partial charge < -0.3 is 20.1 Å². The van der Waals surface area contributed by atoms with E-state index in [0.717, 1.165) is 23.5 Å². The van der Waals surface area contributed by atoms with Gasteiger partial charge in [0.15, 0.2) is 0 Å². The molecule has 1 aromatic carbocycles. The number of hydrogen-bond donors (Lipinski definition) is 2. The number of nitrogens with one attached hydrogen (secondary N) is 2. The maximum absolute atomic E-state index is 11.6. The molecule has 0 saturated heterocycles. The quantitative estimate of drug-likeness (QED) is 0.775. The summed E-state index contributed by atoms with van der Waals surface area (Å²) in [6.07, 6.45) is 1.70. The Hall–Kier alpha value is -1.91. The number of ether oxygens (including phenoxy) is 2. The summed E-state index contributed by atoms with van der Waals surface area (Å²) in [5, 5.41) is 5.69. The minimum absolute atomic E-state index is 0.122. The molecule has 0 aliphatic rings. The number of benzene rings is 1. The molecule has 5 nitrogen and oxygen atoms in total. The molecule has 5 heteroatoms. The molecule has 1 aromatic rings. The molecule has 0 spiro atoms. The Kier molecular flexibility index (Phi) is 7.43. The highest BCUT2D eigenvalue weighted by Gasteiger charge is 2.06. The molecule has 0 bridgehead atoms. The van der Waals surface area contributed by atoms with Crippen LogP contribution in [0.15, 0.2) is 18.2 Å². The van der Waals surface area contributed by atoms with Crippen LogP contribution in [0, 0.1) is 5.92 Å². The SMILES string of the molecule is COc1ccc(CCNC(=O)NCCC(C)C)c(OC)c1. The fraction of sp³-hybridized carbons (Fsp3) is 0.562. The van der Waals surface area contributed by atoms with Gasteiger partial charge in [-0.1, -0.05) is 19.9 Å². The summed E-state index contributed by atoms with van der Waals surface area (Å²) in [7, 11) is 3.25. The topological polar surface area (TPSA) is 59.6 Å². The van der Waals surface area contributed by atoms with Gasteiger partial charge in [-0.2, -0.15) is 0 Å². The van der Waals surface area contributed by atoms with Crippen molar-refractivity contribution in [1.82, 2.24) is 10.6 Å². The average Bonchev–Trinajstić information content (AvgIpc) is 2.47. The highest BCUT2D eigenvalue weighted by atomic mass is 16.5. The summed E-state index contributed by atoms with van der Waals surface area (Å²) in [5.74, 6) is 2.13. The predicted molar refractivity (Wildman–Crippen MR) is 84.1 cm³/mol. The van der Waals surface area contributed by atoms with Crippen molar-refractivity contribution in [2.75, 3.05) is 27.3 Å². The minimum Gasteiger partial charge on any atom is -0.497 e. The van der Waals surface area contributed by atoms with E-state index in [4.69, 9.17) is 9.47 Å². The lowest BCUT2D eigenvalue weighted by atomic mass is 10.1. The third kappa shape index (κ3) is 6.38. The van der Waals surface area contributed by atoms with Gasteiger partial charge in [0.25, 0.3) is 0 Å². The number of hydrogen-bond acceptors (Lipinski definition) is 3. The molecule has 0 radical (unpaired) electrons. The van der Waals surface area contributed by atoms with Gasteiger partial charge >= 0.3 is 6.03 Å². The van der Waals surface area contributed by atoms with Crippen molar-refractivity contribution in [2.24, 2.45) is 5.92 Å². The van der Waals surface area contributed by atoms with Crippen molar-refractivity contribution in [1.29, 1.82) is 0 Å². The second kappa shape index (κ2) is 9.10. The number of carbonyl (C=O) groups excluding carboxylic acids is 1. The largest absolute Gasteiger partial charge is 0.497 e. The van der Waals surface area contributed by atoms with Crippen molar-refractivity contribution in [3.8, 4) is 11.5 Å². The van der Waals surface area contributed by atoms with Crippen molar-refractivity contribution in [3.05, 3.63) is 23.8 Å². The third-order valence-corrected chi connectivity index (χ3v) is 3.18. The van der Waals surface area contributed by atoms with Gasteiger partial charge in [0, 0.05) is 19.2 Å². The van der Waals surface area contributed by atoms with E-state index in [1.54, 1.807) is 14.2 Å². The normalized spacial score (nSPS) is 10.3. The zero-order chi connectivity index (χ0) is 15.7. The molecule has 2 amide bonds. The van der Waals surface area contributed by atoms with E-state index >= 15 is 0 Å². The van der Waals surface area contributed by atoms with Crippen LogP contribution in [0.2, 0.25) is 0 Å². The Labute approximate surface area is 127 Å². The summed E-state index contributed by atoms with van der Waals surface area (Å²) >= 11 is 0. The third-order valence-electron chi connectivity index (χ3n) is 3.18. The Morgan fingerprint density at radius 1 is 1.14 bits per heavy atom. The lowest BCUT2D eigenvalue weighted by Crippen LogP contribution is -2.37. The van der Waals surface area contributed by atoms with Gasteiger partial charge in [-0.15, -0.1) is 0 Å². The summed E-state index contributed by atoms with van der Waals surface area (Å²) in [5.41, 5.74) is 1.04. The summed E-state index contributed by atoms with van der Waals surface area (Å²) in [6.45, 7) is 5.54. The van der Waals surface area contributed by atoms with Crippen LogP contribution in [0.3, 0.4) is 0 Å². The number of amides is 2. The van der Waals surface area contributed by atoms with Crippen LogP contribution in [-0.2, 0) is 6.42 Å². The van der Waals surface area contributed by atoms with E-state index < -0.39 is 0 Å². The summed E-state index contributed by atoms with van der Waals surface area (Å²) in [4.78, 5) is 11.6. The second-order valence-corrected chi connectivity index (χ2v) is 5.29.